The van der Waals surface area contributed by atoms with Crippen LogP contribution in [0.2, 0.25) is 0 Å². The second-order valence-electron chi connectivity index (χ2n) is 6.88. The lowest BCUT2D eigenvalue weighted by atomic mass is 10.1. The van der Waals surface area contributed by atoms with E-state index in [9.17, 15) is 9.59 Å². The molecule has 1 amide bonds. The number of rotatable bonds is 8. The number of thioether (sulfide) groups is 1. The molecule has 152 valence electrons. The number of likely N-dealkylation sites (tertiary alicyclic amines) is 1. The number of anilines is 1. The monoisotopic (exact) mass is 431 g/mol. The minimum atomic E-state index is -1.02. The molecular weight excluding hydrogens is 410 g/mol. The highest BCUT2D eigenvalue weighted by Gasteiger charge is 2.34. The summed E-state index contributed by atoms with van der Waals surface area (Å²) >= 11 is 2.79. The number of carboxylic acid groups (broad SMARTS) is 1. The molecule has 2 aromatic heterocycles. The Morgan fingerprint density at radius 2 is 2.28 bits per heavy atom. The summed E-state index contributed by atoms with van der Waals surface area (Å²) in [5.74, 6) is 0.510. The average molecular weight is 432 g/mol. The number of carboxylic acids is 1. The van der Waals surface area contributed by atoms with E-state index in [1.54, 1.807) is 0 Å². The maximum absolute atomic E-state index is 12.4. The minimum Gasteiger partial charge on any atom is -0.476 e. The van der Waals surface area contributed by atoms with Crippen molar-refractivity contribution in [1.82, 2.24) is 19.9 Å². The maximum atomic E-state index is 12.4. The molecule has 8 nitrogen and oxygen atoms in total. The van der Waals surface area contributed by atoms with E-state index in [4.69, 9.17) is 5.11 Å². The molecule has 2 atom stereocenters. The van der Waals surface area contributed by atoms with Crippen molar-refractivity contribution >= 4 is 52.0 Å². The molecule has 1 fully saturated rings. The van der Waals surface area contributed by atoms with Crippen LogP contribution < -0.4 is 5.32 Å². The Labute approximate surface area is 175 Å². The van der Waals surface area contributed by atoms with Crippen LogP contribution in [0.4, 0.5) is 5.95 Å². The summed E-state index contributed by atoms with van der Waals surface area (Å²) in [5.41, 5.74) is 1.94. The molecule has 1 unspecified atom stereocenters. The molecule has 29 heavy (non-hydrogen) atoms. The number of para-hydroxylation sites is 2. The second kappa shape index (κ2) is 8.42. The first kappa shape index (κ1) is 19.7. The van der Waals surface area contributed by atoms with Gasteiger partial charge in [-0.1, -0.05) is 23.9 Å². The Bertz CT molecular complexity index is 1000. The van der Waals surface area contributed by atoms with Crippen LogP contribution in [0.1, 0.15) is 30.3 Å². The Morgan fingerprint density at radius 3 is 3.03 bits per heavy atom. The lowest BCUT2D eigenvalue weighted by Crippen LogP contribution is -2.44. The normalized spacial score (nSPS) is 17.8. The van der Waals surface area contributed by atoms with E-state index in [-0.39, 0.29) is 23.7 Å². The fraction of sp³-hybridized carbons (Fsp3) is 0.368. The van der Waals surface area contributed by atoms with E-state index in [1.165, 1.54) is 28.5 Å². The number of nitrogens with one attached hydrogen (secondary N) is 2. The van der Waals surface area contributed by atoms with Crippen LogP contribution in [0.15, 0.2) is 34.0 Å². The van der Waals surface area contributed by atoms with Gasteiger partial charge >= 0.3 is 5.97 Å². The van der Waals surface area contributed by atoms with E-state index in [2.05, 4.69) is 27.2 Å². The molecule has 3 N–H and O–H groups in total. The molecule has 0 aliphatic carbocycles. The first-order valence-electron chi connectivity index (χ1n) is 9.33. The number of aromatic nitrogens is 3. The number of aromatic carboxylic acids is 1. The zero-order valence-electron chi connectivity index (χ0n) is 15.8. The van der Waals surface area contributed by atoms with Crippen molar-refractivity contribution in [3.05, 3.63) is 35.3 Å². The summed E-state index contributed by atoms with van der Waals surface area (Å²) in [6, 6.07) is 7.99. The summed E-state index contributed by atoms with van der Waals surface area (Å²) in [6.45, 7) is 2.67. The molecule has 1 saturated heterocycles. The van der Waals surface area contributed by atoms with Crippen molar-refractivity contribution in [2.45, 2.75) is 36.2 Å². The molecule has 4 rings (SSSR count). The Hall–Kier alpha value is -2.59. The number of hydrogen-bond donors (Lipinski definition) is 3. The highest BCUT2D eigenvalue weighted by molar-refractivity contribution is 8.01. The Morgan fingerprint density at radius 1 is 1.45 bits per heavy atom. The molecular formula is C19H21N5O3S2. The third kappa shape index (κ3) is 4.38. The average Bonchev–Trinajstić information content (AvgIpc) is 3.40. The van der Waals surface area contributed by atoms with Crippen LogP contribution in [0, 0.1) is 0 Å². The van der Waals surface area contributed by atoms with Crippen LogP contribution in [-0.4, -0.2) is 61.2 Å². The van der Waals surface area contributed by atoms with Gasteiger partial charge in [-0.05, 0) is 25.5 Å². The van der Waals surface area contributed by atoms with Crippen molar-refractivity contribution in [2.24, 2.45) is 0 Å². The van der Waals surface area contributed by atoms with Crippen LogP contribution in [-0.2, 0) is 4.79 Å². The minimum absolute atomic E-state index is 0.0467. The number of carbonyl (C=O) groups is 2. The Balaban J connectivity index is 1.35. The lowest BCUT2D eigenvalue weighted by Gasteiger charge is -2.30. The SMILES string of the molecule is CC(Nc1nc2ccccc2[nH]1)[C@H]1CCC(=O)N1CCSc1nc(C(=O)O)cs1. The van der Waals surface area contributed by atoms with E-state index in [0.29, 0.717) is 29.0 Å². The number of fused-ring (bicyclic) bond motifs is 1. The van der Waals surface area contributed by atoms with Crippen molar-refractivity contribution in [3.8, 4) is 0 Å². The van der Waals surface area contributed by atoms with Crippen LogP contribution in [0.5, 0.6) is 0 Å². The zero-order valence-corrected chi connectivity index (χ0v) is 17.4. The predicted octanol–water partition coefficient (Wildman–Crippen LogP) is 3.30. The van der Waals surface area contributed by atoms with Gasteiger partial charge in [-0.15, -0.1) is 11.3 Å². The standard InChI is InChI=1S/C19H21N5O3S2/c1-11(20-18-21-12-4-2-3-5-13(12)22-18)15-6-7-16(25)24(15)8-9-28-19-23-14(10-29-19)17(26)27/h2-5,10-11,15H,6-9H2,1H3,(H,26,27)(H2,20,21,22)/t11?,15-/m1/s1. The summed E-state index contributed by atoms with van der Waals surface area (Å²) in [6.07, 6.45) is 1.35. The molecule has 0 radical (unpaired) electrons. The number of benzene rings is 1. The highest BCUT2D eigenvalue weighted by atomic mass is 32.2. The van der Waals surface area contributed by atoms with Crippen molar-refractivity contribution in [1.29, 1.82) is 0 Å². The number of nitrogens with zero attached hydrogens (tertiary/aromatic N) is 3. The first-order valence-corrected chi connectivity index (χ1v) is 11.2. The molecule has 1 aromatic carbocycles. The summed E-state index contributed by atoms with van der Waals surface area (Å²) in [4.78, 5) is 37.1. The number of imidazole rings is 1. The fourth-order valence-corrected chi connectivity index (χ4v) is 5.36. The van der Waals surface area contributed by atoms with Crippen LogP contribution in [0.3, 0.4) is 0 Å². The molecule has 0 spiro atoms. The molecule has 10 heteroatoms. The lowest BCUT2D eigenvalue weighted by molar-refractivity contribution is -0.128. The van der Waals surface area contributed by atoms with Gasteiger partial charge in [0.25, 0.3) is 0 Å². The number of amides is 1. The summed E-state index contributed by atoms with van der Waals surface area (Å²) in [7, 11) is 0. The zero-order chi connectivity index (χ0) is 20.4. The number of aromatic amines is 1. The van der Waals surface area contributed by atoms with Gasteiger partial charge in [0.05, 0.1) is 17.1 Å². The van der Waals surface area contributed by atoms with Gasteiger partial charge < -0.3 is 20.3 Å². The molecule has 0 saturated carbocycles. The van der Waals surface area contributed by atoms with Gasteiger partial charge in [0, 0.05) is 30.1 Å². The van der Waals surface area contributed by atoms with Crippen molar-refractivity contribution in [2.75, 3.05) is 17.6 Å². The second-order valence-corrected chi connectivity index (χ2v) is 9.08. The molecule has 3 aromatic rings. The van der Waals surface area contributed by atoms with Crippen LogP contribution in [0.25, 0.3) is 11.0 Å². The summed E-state index contributed by atoms with van der Waals surface area (Å²) in [5, 5.41) is 13.9. The quantitative estimate of drug-likeness (QED) is 0.469. The fourth-order valence-electron chi connectivity index (χ4n) is 3.55. The van der Waals surface area contributed by atoms with Crippen LogP contribution >= 0.6 is 23.1 Å². The Kier molecular flexibility index (Phi) is 5.72. The molecule has 3 heterocycles. The molecule has 0 bridgehead atoms. The van der Waals surface area contributed by atoms with Gasteiger partial charge in [0.2, 0.25) is 11.9 Å². The number of H-pyrrole nitrogens is 1. The van der Waals surface area contributed by atoms with Gasteiger partial charge in [0.15, 0.2) is 10.0 Å². The van der Waals surface area contributed by atoms with Crippen molar-refractivity contribution < 1.29 is 14.7 Å². The number of thiazole rings is 1. The largest absolute Gasteiger partial charge is 0.476 e. The third-order valence-electron chi connectivity index (χ3n) is 4.97. The summed E-state index contributed by atoms with van der Waals surface area (Å²) < 4.78 is 0.707. The van der Waals surface area contributed by atoms with Gasteiger partial charge in [0.1, 0.15) is 0 Å². The smallest absolute Gasteiger partial charge is 0.355 e. The van der Waals surface area contributed by atoms with Gasteiger partial charge in [-0.3, -0.25) is 4.79 Å². The van der Waals surface area contributed by atoms with Gasteiger partial charge in [-0.2, -0.15) is 0 Å². The molecule has 1 aliphatic rings. The topological polar surface area (TPSA) is 111 Å². The van der Waals surface area contributed by atoms with Crippen molar-refractivity contribution in [3.63, 3.8) is 0 Å². The van der Waals surface area contributed by atoms with E-state index in [0.717, 1.165) is 17.5 Å². The number of hydrogen-bond acceptors (Lipinski definition) is 7. The third-order valence-corrected chi connectivity index (χ3v) is 6.97. The number of carbonyl (C=O) groups excluding carboxylic acids is 1. The van der Waals surface area contributed by atoms with E-state index < -0.39 is 5.97 Å². The maximum Gasteiger partial charge on any atom is 0.355 e. The first-order chi connectivity index (χ1) is 14.0. The molecule has 1 aliphatic heterocycles. The van der Waals surface area contributed by atoms with E-state index >= 15 is 0 Å². The van der Waals surface area contributed by atoms with Gasteiger partial charge in [-0.25, -0.2) is 14.8 Å². The predicted molar refractivity (Wildman–Crippen MR) is 114 cm³/mol. The van der Waals surface area contributed by atoms with E-state index in [1.807, 2.05) is 29.2 Å². The highest BCUT2D eigenvalue weighted by Crippen LogP contribution is 2.27.